The molecule has 1 unspecified atom stereocenters. The predicted octanol–water partition coefficient (Wildman–Crippen LogP) is 0.575. The van der Waals surface area contributed by atoms with Crippen molar-refractivity contribution in [1.29, 1.82) is 0 Å². The van der Waals surface area contributed by atoms with E-state index in [1.54, 1.807) is 4.90 Å². The number of hydrogen-bond donors (Lipinski definition) is 1. The fourth-order valence-electron chi connectivity index (χ4n) is 3.20. The highest BCUT2D eigenvalue weighted by Gasteiger charge is 2.37. The molecule has 6 heteroatoms. The summed E-state index contributed by atoms with van der Waals surface area (Å²) in [5, 5.41) is 9.15. The van der Waals surface area contributed by atoms with Crippen molar-refractivity contribution >= 4 is 15.7 Å². The highest BCUT2D eigenvalue weighted by atomic mass is 32.2. The highest BCUT2D eigenvalue weighted by molar-refractivity contribution is 7.91. The van der Waals surface area contributed by atoms with Crippen LogP contribution in [0.15, 0.2) is 0 Å². The summed E-state index contributed by atoms with van der Waals surface area (Å²) in [6.45, 7) is 0.280. The van der Waals surface area contributed by atoms with E-state index in [0.29, 0.717) is 13.0 Å². The Morgan fingerprint density at radius 1 is 1.16 bits per heavy atom. The second-order valence-corrected chi connectivity index (χ2v) is 7.88. The Kier molecular flexibility index (Phi) is 4.84. The van der Waals surface area contributed by atoms with Gasteiger partial charge >= 0.3 is 0 Å². The molecule has 0 spiro atoms. The summed E-state index contributed by atoms with van der Waals surface area (Å²) in [4.78, 5) is 14.2. The van der Waals surface area contributed by atoms with Gasteiger partial charge in [-0.3, -0.25) is 4.79 Å². The van der Waals surface area contributed by atoms with Gasteiger partial charge in [-0.2, -0.15) is 0 Å². The molecule has 1 saturated heterocycles. The normalized spacial score (nSPS) is 27.3. The van der Waals surface area contributed by atoms with Crippen molar-refractivity contribution in [1.82, 2.24) is 4.90 Å². The average Bonchev–Trinajstić information content (AvgIpc) is 2.77. The first kappa shape index (κ1) is 14.8. The standard InChI is InChI=1S/C13H23NO4S/c15-8-7-14(12-4-2-1-3-5-12)13(16)11-6-9-19(17,18)10-11/h11-12,15H,1-10H2. The number of aliphatic hydroxyl groups is 1. The van der Waals surface area contributed by atoms with Crippen LogP contribution < -0.4 is 0 Å². The molecule has 2 aliphatic rings. The monoisotopic (exact) mass is 289 g/mol. The van der Waals surface area contributed by atoms with Crippen LogP contribution in [-0.2, 0) is 14.6 Å². The lowest BCUT2D eigenvalue weighted by Gasteiger charge is -2.35. The third kappa shape index (κ3) is 3.69. The van der Waals surface area contributed by atoms with E-state index in [4.69, 9.17) is 5.11 Å². The van der Waals surface area contributed by atoms with Gasteiger partial charge in [-0.05, 0) is 19.3 Å². The summed E-state index contributed by atoms with van der Waals surface area (Å²) >= 11 is 0. The molecule has 0 aromatic carbocycles. The number of amides is 1. The second-order valence-electron chi connectivity index (χ2n) is 5.65. The Bertz CT molecular complexity index is 414. The summed E-state index contributed by atoms with van der Waals surface area (Å²) in [7, 11) is -3.03. The summed E-state index contributed by atoms with van der Waals surface area (Å²) in [6.07, 6.45) is 5.83. The number of aliphatic hydroxyl groups excluding tert-OH is 1. The van der Waals surface area contributed by atoms with E-state index in [-0.39, 0.29) is 30.1 Å². The lowest BCUT2D eigenvalue weighted by molar-refractivity contribution is -0.138. The number of hydrogen-bond acceptors (Lipinski definition) is 4. The van der Waals surface area contributed by atoms with Gasteiger partial charge in [0.1, 0.15) is 0 Å². The number of sulfone groups is 1. The van der Waals surface area contributed by atoms with E-state index < -0.39 is 15.8 Å². The van der Waals surface area contributed by atoms with Gasteiger partial charge in [-0.1, -0.05) is 19.3 Å². The molecule has 2 fully saturated rings. The molecule has 0 aromatic rings. The fourth-order valence-corrected chi connectivity index (χ4v) is 4.93. The molecule has 1 atom stereocenters. The van der Waals surface area contributed by atoms with Crippen LogP contribution in [-0.4, -0.2) is 55.0 Å². The molecule has 1 amide bonds. The first-order chi connectivity index (χ1) is 9.03. The van der Waals surface area contributed by atoms with E-state index in [2.05, 4.69) is 0 Å². The van der Waals surface area contributed by atoms with Gasteiger partial charge in [0.25, 0.3) is 0 Å². The Hall–Kier alpha value is -0.620. The molecular weight excluding hydrogens is 266 g/mol. The van der Waals surface area contributed by atoms with Gasteiger partial charge < -0.3 is 10.0 Å². The van der Waals surface area contributed by atoms with Crippen molar-refractivity contribution in [3.63, 3.8) is 0 Å². The average molecular weight is 289 g/mol. The summed E-state index contributed by atoms with van der Waals surface area (Å²) < 4.78 is 23.0. The molecule has 1 aliphatic heterocycles. The van der Waals surface area contributed by atoms with E-state index >= 15 is 0 Å². The molecule has 1 heterocycles. The minimum atomic E-state index is -3.03. The van der Waals surface area contributed by atoms with E-state index in [0.717, 1.165) is 25.7 Å². The Morgan fingerprint density at radius 2 is 1.84 bits per heavy atom. The number of rotatable bonds is 4. The molecule has 110 valence electrons. The van der Waals surface area contributed by atoms with Crippen molar-refractivity contribution in [2.24, 2.45) is 5.92 Å². The van der Waals surface area contributed by atoms with E-state index in [9.17, 15) is 13.2 Å². The number of nitrogens with zero attached hydrogens (tertiary/aromatic N) is 1. The first-order valence-electron chi connectivity index (χ1n) is 7.15. The summed E-state index contributed by atoms with van der Waals surface area (Å²) in [5.41, 5.74) is 0. The number of carbonyl (C=O) groups is 1. The van der Waals surface area contributed by atoms with Crippen LogP contribution in [0.2, 0.25) is 0 Å². The van der Waals surface area contributed by atoms with E-state index in [1.165, 1.54) is 6.42 Å². The van der Waals surface area contributed by atoms with Crippen molar-refractivity contribution in [2.45, 2.75) is 44.6 Å². The predicted molar refractivity (Wildman–Crippen MR) is 72.4 cm³/mol. The Labute approximate surface area is 114 Å². The zero-order valence-corrected chi connectivity index (χ0v) is 12.1. The van der Waals surface area contributed by atoms with Gasteiger partial charge in [-0.15, -0.1) is 0 Å². The van der Waals surface area contributed by atoms with Crippen LogP contribution >= 0.6 is 0 Å². The van der Waals surface area contributed by atoms with Gasteiger partial charge in [-0.25, -0.2) is 8.42 Å². The largest absolute Gasteiger partial charge is 0.395 e. The van der Waals surface area contributed by atoms with E-state index in [1.807, 2.05) is 0 Å². The lowest BCUT2D eigenvalue weighted by Crippen LogP contribution is -2.46. The van der Waals surface area contributed by atoms with Crippen molar-refractivity contribution in [2.75, 3.05) is 24.7 Å². The minimum absolute atomic E-state index is 0.0134. The second kappa shape index (κ2) is 6.22. The van der Waals surface area contributed by atoms with Crippen LogP contribution in [0, 0.1) is 5.92 Å². The molecule has 1 aliphatic carbocycles. The third-order valence-electron chi connectivity index (χ3n) is 4.22. The van der Waals surface area contributed by atoms with Crippen LogP contribution in [0.3, 0.4) is 0 Å². The fraction of sp³-hybridized carbons (Fsp3) is 0.923. The molecule has 0 bridgehead atoms. The molecule has 1 N–H and O–H groups in total. The maximum Gasteiger partial charge on any atom is 0.227 e. The Morgan fingerprint density at radius 3 is 2.37 bits per heavy atom. The first-order valence-corrected chi connectivity index (χ1v) is 8.97. The van der Waals surface area contributed by atoms with Crippen LogP contribution in [0.1, 0.15) is 38.5 Å². The highest BCUT2D eigenvalue weighted by Crippen LogP contribution is 2.27. The van der Waals surface area contributed by atoms with Gasteiger partial charge in [0.05, 0.1) is 24.0 Å². The Balaban J connectivity index is 2.03. The van der Waals surface area contributed by atoms with Crippen molar-refractivity contribution in [3.05, 3.63) is 0 Å². The summed E-state index contributed by atoms with van der Waals surface area (Å²) in [6, 6.07) is 0.191. The van der Waals surface area contributed by atoms with Crippen LogP contribution in [0.5, 0.6) is 0 Å². The van der Waals surface area contributed by atoms with Crippen molar-refractivity contribution in [3.8, 4) is 0 Å². The number of carbonyl (C=O) groups excluding carboxylic acids is 1. The lowest BCUT2D eigenvalue weighted by atomic mass is 9.93. The van der Waals surface area contributed by atoms with Crippen molar-refractivity contribution < 1.29 is 18.3 Å². The smallest absolute Gasteiger partial charge is 0.227 e. The van der Waals surface area contributed by atoms with Crippen LogP contribution in [0.4, 0.5) is 0 Å². The topological polar surface area (TPSA) is 74.7 Å². The third-order valence-corrected chi connectivity index (χ3v) is 5.99. The zero-order valence-electron chi connectivity index (χ0n) is 11.3. The maximum absolute atomic E-state index is 12.5. The zero-order chi connectivity index (χ0) is 13.9. The molecular formula is C13H23NO4S. The maximum atomic E-state index is 12.5. The molecule has 5 nitrogen and oxygen atoms in total. The molecule has 2 rings (SSSR count). The SMILES string of the molecule is O=C(C1CCS(=O)(=O)C1)N(CCO)C1CCCCC1. The van der Waals surface area contributed by atoms with Gasteiger partial charge in [0.2, 0.25) is 5.91 Å². The van der Waals surface area contributed by atoms with Gasteiger partial charge in [0, 0.05) is 12.6 Å². The minimum Gasteiger partial charge on any atom is -0.395 e. The molecule has 0 radical (unpaired) electrons. The summed E-state index contributed by atoms with van der Waals surface area (Å²) in [5.74, 6) is -0.345. The molecule has 1 saturated carbocycles. The molecule has 19 heavy (non-hydrogen) atoms. The quantitative estimate of drug-likeness (QED) is 0.821. The van der Waals surface area contributed by atoms with Gasteiger partial charge in [0.15, 0.2) is 9.84 Å². The van der Waals surface area contributed by atoms with Crippen LogP contribution in [0.25, 0.3) is 0 Å². The molecule has 0 aromatic heterocycles.